The van der Waals surface area contributed by atoms with Gasteiger partial charge in [0.1, 0.15) is 6.04 Å². The summed E-state index contributed by atoms with van der Waals surface area (Å²) in [5, 5.41) is 26.4. The maximum Gasteiger partial charge on any atom is 0.320 e. The van der Waals surface area contributed by atoms with Gasteiger partial charge in [0.25, 0.3) is 0 Å². The van der Waals surface area contributed by atoms with Crippen molar-refractivity contribution in [2.75, 3.05) is 19.6 Å². The Labute approximate surface area is 104 Å². The highest BCUT2D eigenvalue weighted by Gasteiger charge is 2.20. The van der Waals surface area contributed by atoms with Crippen molar-refractivity contribution in [3.8, 4) is 0 Å². The summed E-state index contributed by atoms with van der Waals surface area (Å²) in [5.74, 6) is -2.66. The number of carboxylic acid groups (broad SMARTS) is 3. The predicted molar refractivity (Wildman–Crippen MR) is 62.0 cm³/mol. The van der Waals surface area contributed by atoms with E-state index < -0.39 is 17.9 Å². The average Bonchev–Trinajstić information content (AvgIpc) is 2.84. The van der Waals surface area contributed by atoms with E-state index >= 15 is 0 Å². The minimum atomic E-state index is -0.968. The summed E-state index contributed by atoms with van der Waals surface area (Å²) < 4.78 is 0. The van der Waals surface area contributed by atoms with E-state index in [1.807, 2.05) is 0 Å². The van der Waals surface area contributed by atoms with E-state index in [0.717, 1.165) is 19.4 Å². The Kier molecular flexibility index (Phi) is 12.2. The van der Waals surface area contributed by atoms with Gasteiger partial charge in [-0.3, -0.25) is 14.4 Å². The lowest BCUT2D eigenvalue weighted by atomic mass is 10.2. The minimum absolute atomic E-state index is 0.269. The van der Waals surface area contributed by atoms with Crippen molar-refractivity contribution in [2.24, 2.45) is 11.5 Å². The van der Waals surface area contributed by atoms with Crippen molar-refractivity contribution in [3.05, 3.63) is 0 Å². The minimum Gasteiger partial charge on any atom is -0.480 e. The molecule has 8 N–H and O–H groups in total. The first-order valence-electron chi connectivity index (χ1n) is 5.15. The van der Waals surface area contributed by atoms with E-state index in [4.69, 9.17) is 15.3 Å². The highest BCUT2D eigenvalue weighted by Crippen LogP contribution is 2.03. The van der Waals surface area contributed by atoms with E-state index in [1.165, 1.54) is 0 Å². The second kappa shape index (κ2) is 11.8. The van der Waals surface area contributed by atoms with Crippen molar-refractivity contribution in [1.82, 2.24) is 5.32 Å². The molecule has 1 aliphatic rings. The summed E-state index contributed by atoms with van der Waals surface area (Å²) in [4.78, 5) is 28.6. The Morgan fingerprint density at radius 3 is 1.56 bits per heavy atom. The second-order valence-corrected chi connectivity index (χ2v) is 3.18. The van der Waals surface area contributed by atoms with Crippen LogP contribution >= 0.6 is 0 Å². The molecule has 18 heavy (non-hydrogen) atoms. The molecule has 1 atom stereocenters. The van der Waals surface area contributed by atoms with E-state index in [-0.39, 0.29) is 19.1 Å². The van der Waals surface area contributed by atoms with Gasteiger partial charge in [-0.2, -0.15) is 0 Å². The molecule has 0 aromatic heterocycles. The molecule has 106 valence electrons. The topological polar surface area (TPSA) is 176 Å². The molecule has 9 nitrogen and oxygen atoms in total. The molecule has 0 bridgehead atoms. The lowest BCUT2D eigenvalue weighted by molar-refractivity contribution is -0.139. The van der Waals surface area contributed by atoms with Crippen LogP contribution in [0.5, 0.6) is 0 Å². The molecule has 0 amide bonds. The Morgan fingerprint density at radius 1 is 1.06 bits per heavy atom. The summed E-state index contributed by atoms with van der Waals surface area (Å²) >= 11 is 0. The Balaban J connectivity index is 0. The zero-order valence-corrected chi connectivity index (χ0v) is 9.83. The molecule has 1 aliphatic heterocycles. The first-order valence-corrected chi connectivity index (χ1v) is 5.15. The zero-order chi connectivity index (χ0) is 14.6. The van der Waals surface area contributed by atoms with E-state index in [1.54, 1.807) is 0 Å². The van der Waals surface area contributed by atoms with Crippen LogP contribution in [0.25, 0.3) is 0 Å². The Hall–Kier alpha value is -1.71. The third-order valence-electron chi connectivity index (χ3n) is 1.71. The molecule has 0 aromatic rings. The SMILES string of the molecule is NCC(=O)O.NCC(=O)O.O=C(O)[C@@H]1CCCN1. The number of hydrogen-bond donors (Lipinski definition) is 6. The van der Waals surface area contributed by atoms with Crippen LogP contribution in [-0.2, 0) is 14.4 Å². The Bertz CT molecular complexity index is 251. The first kappa shape index (κ1) is 18.6. The molecule has 1 rings (SSSR count). The van der Waals surface area contributed by atoms with Gasteiger partial charge < -0.3 is 32.1 Å². The van der Waals surface area contributed by atoms with Crippen molar-refractivity contribution < 1.29 is 29.7 Å². The van der Waals surface area contributed by atoms with Crippen molar-refractivity contribution in [3.63, 3.8) is 0 Å². The van der Waals surface area contributed by atoms with Crippen LogP contribution in [0.2, 0.25) is 0 Å². The van der Waals surface area contributed by atoms with Gasteiger partial charge in [0, 0.05) is 0 Å². The second-order valence-electron chi connectivity index (χ2n) is 3.18. The number of rotatable bonds is 3. The van der Waals surface area contributed by atoms with E-state index in [2.05, 4.69) is 16.8 Å². The first-order chi connectivity index (χ1) is 8.34. The van der Waals surface area contributed by atoms with Crippen LogP contribution in [0.15, 0.2) is 0 Å². The highest BCUT2D eigenvalue weighted by molar-refractivity contribution is 5.73. The molecular weight excluding hydrogens is 246 g/mol. The molecule has 0 aliphatic carbocycles. The molecule has 1 saturated heterocycles. The fourth-order valence-electron chi connectivity index (χ4n) is 0.895. The largest absolute Gasteiger partial charge is 0.480 e. The van der Waals surface area contributed by atoms with Gasteiger partial charge in [0.2, 0.25) is 0 Å². The molecule has 0 radical (unpaired) electrons. The molecule has 9 heteroatoms. The van der Waals surface area contributed by atoms with Crippen molar-refractivity contribution >= 4 is 17.9 Å². The summed E-state index contributed by atoms with van der Waals surface area (Å²) in [6.45, 7) is 0.303. The highest BCUT2D eigenvalue weighted by atomic mass is 16.4. The fourth-order valence-corrected chi connectivity index (χ4v) is 0.895. The smallest absolute Gasteiger partial charge is 0.320 e. The summed E-state index contributed by atoms with van der Waals surface area (Å²) in [6.07, 6.45) is 1.78. The van der Waals surface area contributed by atoms with Crippen LogP contribution in [0.4, 0.5) is 0 Å². The molecule has 1 fully saturated rings. The van der Waals surface area contributed by atoms with Crippen LogP contribution in [0.3, 0.4) is 0 Å². The number of nitrogens with two attached hydrogens (primary N) is 2. The van der Waals surface area contributed by atoms with Crippen molar-refractivity contribution in [1.29, 1.82) is 0 Å². The predicted octanol–water partition coefficient (Wildman–Crippen LogP) is -2.12. The molecule has 0 unspecified atom stereocenters. The van der Waals surface area contributed by atoms with Crippen molar-refractivity contribution in [2.45, 2.75) is 18.9 Å². The summed E-state index contributed by atoms with van der Waals surface area (Å²) in [7, 11) is 0. The Morgan fingerprint density at radius 2 is 1.44 bits per heavy atom. The number of carboxylic acids is 3. The molecular formula is C9H19N3O6. The maximum atomic E-state index is 10.1. The van der Waals surface area contributed by atoms with Gasteiger partial charge >= 0.3 is 17.9 Å². The third-order valence-corrected chi connectivity index (χ3v) is 1.71. The average molecular weight is 265 g/mol. The van der Waals surface area contributed by atoms with Gasteiger partial charge in [-0.15, -0.1) is 0 Å². The van der Waals surface area contributed by atoms with Gasteiger partial charge in [-0.05, 0) is 19.4 Å². The molecule has 0 aromatic carbocycles. The quantitative estimate of drug-likeness (QED) is 0.333. The molecule has 0 saturated carbocycles. The van der Waals surface area contributed by atoms with Crippen LogP contribution in [0.1, 0.15) is 12.8 Å². The number of aliphatic carboxylic acids is 3. The zero-order valence-electron chi connectivity index (χ0n) is 9.83. The number of carbonyl (C=O) groups is 3. The van der Waals surface area contributed by atoms with Gasteiger partial charge in [0.05, 0.1) is 13.1 Å². The van der Waals surface area contributed by atoms with Crippen LogP contribution in [-0.4, -0.2) is 58.9 Å². The monoisotopic (exact) mass is 265 g/mol. The van der Waals surface area contributed by atoms with Gasteiger partial charge in [0.15, 0.2) is 0 Å². The third kappa shape index (κ3) is 14.3. The normalized spacial score (nSPS) is 16.7. The molecule has 0 spiro atoms. The van der Waals surface area contributed by atoms with Crippen LogP contribution < -0.4 is 16.8 Å². The summed E-state index contributed by atoms with van der Waals surface area (Å²) in [6, 6.07) is -0.269. The fraction of sp³-hybridized carbons (Fsp3) is 0.667. The lowest BCUT2D eigenvalue weighted by Crippen LogP contribution is -2.29. The maximum absolute atomic E-state index is 10.1. The lowest BCUT2D eigenvalue weighted by Gasteiger charge is -1.99. The van der Waals surface area contributed by atoms with E-state index in [0.29, 0.717) is 0 Å². The number of nitrogens with one attached hydrogen (secondary N) is 1. The standard InChI is InChI=1S/C5H9NO2.2C2H5NO2/c7-5(8)4-2-1-3-6-4;2*3-1-2(4)5/h4,6H,1-3H2,(H,7,8);2*1,3H2,(H,4,5)/t4-;;/m0../s1. The number of hydrogen-bond acceptors (Lipinski definition) is 6. The van der Waals surface area contributed by atoms with Crippen LogP contribution in [0, 0.1) is 0 Å². The van der Waals surface area contributed by atoms with Gasteiger partial charge in [-0.25, -0.2) is 0 Å². The summed E-state index contributed by atoms with van der Waals surface area (Å²) in [5.41, 5.74) is 9.14. The van der Waals surface area contributed by atoms with E-state index in [9.17, 15) is 14.4 Å². The molecule has 1 heterocycles. The van der Waals surface area contributed by atoms with Gasteiger partial charge in [-0.1, -0.05) is 0 Å².